The lowest BCUT2D eigenvalue weighted by molar-refractivity contribution is 0.411. The van der Waals surface area contributed by atoms with Gasteiger partial charge in [-0.1, -0.05) is 36.4 Å². The third-order valence-corrected chi connectivity index (χ3v) is 5.91. The SMILES string of the molecule is COc1ccc2c(c1)/C(=C1/c3ccccc3Oc3ccc(OC)cc31)c1ccccc1O2. The lowest BCUT2D eigenvalue weighted by Crippen LogP contribution is -2.09. The first kappa shape index (κ1) is 18.6. The molecule has 0 bridgehead atoms. The first-order valence-corrected chi connectivity index (χ1v) is 10.4. The van der Waals surface area contributed by atoms with Crippen molar-refractivity contribution in [2.75, 3.05) is 14.2 Å². The van der Waals surface area contributed by atoms with Crippen LogP contribution in [0.5, 0.6) is 34.5 Å². The van der Waals surface area contributed by atoms with Gasteiger partial charge in [-0.2, -0.15) is 0 Å². The van der Waals surface area contributed by atoms with Gasteiger partial charge in [0.05, 0.1) is 14.2 Å². The molecule has 4 heteroatoms. The number of benzene rings is 4. The Morgan fingerprint density at radius 3 is 1.31 bits per heavy atom. The minimum Gasteiger partial charge on any atom is -0.497 e. The van der Waals surface area contributed by atoms with E-state index in [4.69, 9.17) is 18.9 Å². The summed E-state index contributed by atoms with van der Waals surface area (Å²) in [4.78, 5) is 0. The van der Waals surface area contributed by atoms with Gasteiger partial charge in [-0.15, -0.1) is 0 Å². The summed E-state index contributed by atoms with van der Waals surface area (Å²) in [5.74, 6) is 4.77. The zero-order valence-corrected chi connectivity index (χ0v) is 17.7. The van der Waals surface area contributed by atoms with Crippen molar-refractivity contribution in [1.29, 1.82) is 0 Å². The van der Waals surface area contributed by atoms with Crippen molar-refractivity contribution in [3.63, 3.8) is 0 Å². The zero-order chi connectivity index (χ0) is 21.7. The summed E-state index contributed by atoms with van der Waals surface area (Å²) in [6, 6.07) is 28.1. The highest BCUT2D eigenvalue weighted by Crippen LogP contribution is 2.53. The fourth-order valence-corrected chi connectivity index (χ4v) is 4.43. The van der Waals surface area contributed by atoms with Gasteiger partial charge in [0.25, 0.3) is 0 Å². The Balaban J connectivity index is 1.78. The van der Waals surface area contributed by atoms with Crippen LogP contribution in [0.4, 0.5) is 0 Å². The van der Waals surface area contributed by atoms with Gasteiger partial charge >= 0.3 is 0 Å². The Morgan fingerprint density at radius 2 is 0.875 bits per heavy atom. The van der Waals surface area contributed by atoms with Gasteiger partial charge in [-0.05, 0) is 48.5 Å². The van der Waals surface area contributed by atoms with Crippen LogP contribution in [0.15, 0.2) is 84.9 Å². The topological polar surface area (TPSA) is 36.9 Å². The van der Waals surface area contributed by atoms with E-state index in [1.165, 1.54) is 0 Å². The number of para-hydroxylation sites is 2. The Bertz CT molecular complexity index is 1290. The molecule has 0 aliphatic carbocycles. The number of methoxy groups -OCH3 is 2. The van der Waals surface area contributed by atoms with Gasteiger partial charge in [-0.25, -0.2) is 0 Å². The highest BCUT2D eigenvalue weighted by atomic mass is 16.5. The average molecular weight is 420 g/mol. The maximum absolute atomic E-state index is 6.27. The summed E-state index contributed by atoms with van der Waals surface area (Å²) in [5, 5.41) is 0. The summed E-state index contributed by atoms with van der Waals surface area (Å²) in [5.41, 5.74) is 6.14. The molecule has 32 heavy (non-hydrogen) atoms. The molecule has 0 saturated heterocycles. The van der Waals surface area contributed by atoms with Crippen molar-refractivity contribution in [3.8, 4) is 34.5 Å². The van der Waals surface area contributed by atoms with E-state index in [0.717, 1.165) is 67.9 Å². The summed E-state index contributed by atoms with van der Waals surface area (Å²) >= 11 is 0. The number of ether oxygens (including phenoxy) is 4. The molecular weight excluding hydrogens is 400 g/mol. The third-order valence-electron chi connectivity index (χ3n) is 5.91. The highest BCUT2D eigenvalue weighted by molar-refractivity contribution is 6.10. The van der Waals surface area contributed by atoms with Crippen LogP contribution in [-0.2, 0) is 0 Å². The Labute approximate surface area is 186 Å². The molecular formula is C28H20O4. The van der Waals surface area contributed by atoms with Crippen LogP contribution in [0.2, 0.25) is 0 Å². The van der Waals surface area contributed by atoms with Gasteiger partial charge in [0.2, 0.25) is 0 Å². The van der Waals surface area contributed by atoms with Crippen molar-refractivity contribution in [1.82, 2.24) is 0 Å². The normalized spacial score (nSPS) is 15.3. The molecule has 2 aliphatic heterocycles. The van der Waals surface area contributed by atoms with Crippen LogP contribution in [0.3, 0.4) is 0 Å². The summed E-state index contributed by atoms with van der Waals surface area (Å²) in [7, 11) is 3.35. The molecule has 0 saturated carbocycles. The highest BCUT2D eigenvalue weighted by Gasteiger charge is 2.31. The zero-order valence-electron chi connectivity index (χ0n) is 17.7. The monoisotopic (exact) mass is 420 g/mol. The van der Waals surface area contributed by atoms with Crippen LogP contribution >= 0.6 is 0 Å². The van der Waals surface area contributed by atoms with Crippen LogP contribution in [0, 0.1) is 0 Å². The molecule has 0 unspecified atom stereocenters. The van der Waals surface area contributed by atoms with Crippen LogP contribution < -0.4 is 18.9 Å². The number of hydrogen-bond donors (Lipinski definition) is 0. The second kappa shape index (κ2) is 7.20. The minimum absolute atomic E-state index is 0.774. The third kappa shape index (κ3) is 2.77. The van der Waals surface area contributed by atoms with E-state index in [9.17, 15) is 0 Å². The maximum atomic E-state index is 6.27. The van der Waals surface area contributed by atoms with E-state index in [-0.39, 0.29) is 0 Å². The summed E-state index contributed by atoms with van der Waals surface area (Å²) in [6.45, 7) is 0. The van der Waals surface area contributed by atoms with Gasteiger partial charge in [0, 0.05) is 33.4 Å². The molecule has 0 fully saturated rings. The van der Waals surface area contributed by atoms with Gasteiger partial charge in [-0.3, -0.25) is 0 Å². The van der Waals surface area contributed by atoms with Crippen molar-refractivity contribution >= 4 is 11.1 Å². The Morgan fingerprint density at radius 1 is 0.469 bits per heavy atom. The molecule has 6 rings (SSSR count). The molecule has 0 amide bonds. The lowest BCUT2D eigenvalue weighted by atomic mass is 9.82. The average Bonchev–Trinajstić information content (AvgIpc) is 2.85. The predicted molar refractivity (Wildman–Crippen MR) is 124 cm³/mol. The van der Waals surface area contributed by atoms with Gasteiger partial charge < -0.3 is 18.9 Å². The Hall–Kier alpha value is -4.18. The van der Waals surface area contributed by atoms with E-state index in [0.29, 0.717) is 0 Å². The van der Waals surface area contributed by atoms with Crippen molar-refractivity contribution in [2.45, 2.75) is 0 Å². The second-order valence-electron chi connectivity index (χ2n) is 7.67. The predicted octanol–water partition coefficient (Wildman–Crippen LogP) is 6.92. The van der Waals surface area contributed by atoms with Gasteiger partial charge in [0.1, 0.15) is 34.5 Å². The van der Waals surface area contributed by atoms with E-state index >= 15 is 0 Å². The molecule has 0 atom stereocenters. The first-order valence-electron chi connectivity index (χ1n) is 10.4. The molecule has 0 radical (unpaired) electrons. The molecule has 4 nitrogen and oxygen atoms in total. The summed E-state index contributed by atoms with van der Waals surface area (Å²) in [6.07, 6.45) is 0. The quantitative estimate of drug-likeness (QED) is 0.305. The molecule has 4 aromatic carbocycles. The van der Waals surface area contributed by atoms with E-state index < -0.39 is 0 Å². The molecule has 0 N–H and O–H groups in total. The fraction of sp³-hybridized carbons (Fsp3) is 0.0714. The number of fused-ring (bicyclic) bond motifs is 4. The summed E-state index contributed by atoms with van der Waals surface area (Å²) < 4.78 is 23.7. The molecule has 0 spiro atoms. The van der Waals surface area contributed by atoms with Crippen molar-refractivity contribution in [3.05, 3.63) is 107 Å². The van der Waals surface area contributed by atoms with Gasteiger partial charge in [0.15, 0.2) is 0 Å². The number of hydrogen-bond acceptors (Lipinski definition) is 4. The minimum atomic E-state index is 0.774. The molecule has 4 aromatic rings. The van der Waals surface area contributed by atoms with Crippen molar-refractivity contribution in [2.24, 2.45) is 0 Å². The molecule has 156 valence electrons. The number of rotatable bonds is 2. The van der Waals surface area contributed by atoms with Crippen LogP contribution in [-0.4, -0.2) is 14.2 Å². The fourth-order valence-electron chi connectivity index (χ4n) is 4.43. The lowest BCUT2D eigenvalue weighted by Gasteiger charge is -2.30. The van der Waals surface area contributed by atoms with E-state index in [2.05, 4.69) is 12.1 Å². The first-order chi connectivity index (χ1) is 15.8. The smallest absolute Gasteiger partial charge is 0.135 e. The second-order valence-corrected chi connectivity index (χ2v) is 7.67. The standard InChI is InChI=1S/C28H20O4/c1-29-17-11-13-25-21(15-17)27(19-7-3-5-9-23(19)31-25)28-20-8-4-6-10-24(20)32-26-14-12-18(30-2)16-22(26)28/h3-16H,1-2H3/b28-27-. The maximum Gasteiger partial charge on any atom is 0.135 e. The Kier molecular flexibility index (Phi) is 4.18. The molecule has 0 aromatic heterocycles. The molecule has 2 heterocycles. The van der Waals surface area contributed by atoms with E-state index in [1.54, 1.807) is 14.2 Å². The van der Waals surface area contributed by atoms with Crippen molar-refractivity contribution < 1.29 is 18.9 Å². The van der Waals surface area contributed by atoms with Crippen LogP contribution in [0.25, 0.3) is 11.1 Å². The molecule has 2 aliphatic rings. The van der Waals surface area contributed by atoms with Crippen LogP contribution in [0.1, 0.15) is 22.3 Å². The largest absolute Gasteiger partial charge is 0.497 e. The van der Waals surface area contributed by atoms with E-state index in [1.807, 2.05) is 72.8 Å².